The minimum atomic E-state index is 0.756. The summed E-state index contributed by atoms with van der Waals surface area (Å²) in [6.07, 6.45) is 5.00. The SMILES string of the molecule is CCCCOc1ccc(CNCC2CC2)cc1OC. The molecule has 0 atom stereocenters. The smallest absolute Gasteiger partial charge is 0.161 e. The molecule has 106 valence electrons. The molecule has 0 aromatic heterocycles. The maximum absolute atomic E-state index is 5.73. The van der Waals surface area contributed by atoms with Crippen LogP contribution < -0.4 is 14.8 Å². The number of unbranched alkanes of at least 4 members (excludes halogenated alkanes) is 1. The van der Waals surface area contributed by atoms with Crippen molar-refractivity contribution in [3.63, 3.8) is 0 Å². The van der Waals surface area contributed by atoms with Crippen LogP contribution >= 0.6 is 0 Å². The first-order valence-electron chi connectivity index (χ1n) is 7.34. The fraction of sp³-hybridized carbons (Fsp3) is 0.625. The molecule has 1 aromatic carbocycles. The molecule has 19 heavy (non-hydrogen) atoms. The zero-order chi connectivity index (χ0) is 13.5. The molecule has 0 aliphatic heterocycles. The number of nitrogens with one attached hydrogen (secondary N) is 1. The predicted octanol–water partition coefficient (Wildman–Crippen LogP) is 3.37. The van der Waals surface area contributed by atoms with Crippen LogP contribution in [0.2, 0.25) is 0 Å². The minimum absolute atomic E-state index is 0.756. The molecule has 1 N–H and O–H groups in total. The Morgan fingerprint density at radius 3 is 2.79 bits per heavy atom. The molecule has 1 aromatic rings. The molecule has 1 aliphatic rings. The molecule has 1 fully saturated rings. The standard InChI is InChI=1S/C16H25NO2/c1-3-4-9-19-15-8-7-14(10-16(15)18-2)12-17-11-13-5-6-13/h7-8,10,13,17H,3-6,9,11-12H2,1-2H3. The Labute approximate surface area is 116 Å². The van der Waals surface area contributed by atoms with E-state index in [2.05, 4.69) is 24.4 Å². The van der Waals surface area contributed by atoms with Gasteiger partial charge in [0.1, 0.15) is 0 Å². The predicted molar refractivity (Wildman–Crippen MR) is 77.8 cm³/mol. The Morgan fingerprint density at radius 2 is 2.11 bits per heavy atom. The summed E-state index contributed by atoms with van der Waals surface area (Å²) in [6, 6.07) is 6.20. The third kappa shape index (κ3) is 4.75. The van der Waals surface area contributed by atoms with Gasteiger partial charge in [0.15, 0.2) is 11.5 Å². The largest absolute Gasteiger partial charge is 0.493 e. The van der Waals surface area contributed by atoms with Gasteiger partial charge in [-0.3, -0.25) is 0 Å². The summed E-state index contributed by atoms with van der Waals surface area (Å²) in [5.41, 5.74) is 1.25. The number of benzene rings is 1. The van der Waals surface area contributed by atoms with Gasteiger partial charge in [0.05, 0.1) is 13.7 Å². The second kappa shape index (κ2) is 7.39. The van der Waals surface area contributed by atoms with Gasteiger partial charge in [-0.2, -0.15) is 0 Å². The lowest BCUT2D eigenvalue weighted by Gasteiger charge is -2.12. The second-order valence-electron chi connectivity index (χ2n) is 5.26. The average Bonchev–Trinajstić information content (AvgIpc) is 3.24. The molecule has 3 nitrogen and oxygen atoms in total. The van der Waals surface area contributed by atoms with E-state index < -0.39 is 0 Å². The van der Waals surface area contributed by atoms with Gasteiger partial charge in [-0.05, 0) is 49.4 Å². The van der Waals surface area contributed by atoms with E-state index in [-0.39, 0.29) is 0 Å². The van der Waals surface area contributed by atoms with Crippen molar-refractivity contribution in [3.8, 4) is 11.5 Å². The van der Waals surface area contributed by atoms with Crippen LogP contribution in [0.25, 0.3) is 0 Å². The number of ether oxygens (including phenoxy) is 2. The van der Waals surface area contributed by atoms with Crippen LogP contribution in [0.4, 0.5) is 0 Å². The van der Waals surface area contributed by atoms with E-state index in [1.54, 1.807) is 7.11 Å². The van der Waals surface area contributed by atoms with E-state index >= 15 is 0 Å². The number of methoxy groups -OCH3 is 1. The monoisotopic (exact) mass is 263 g/mol. The zero-order valence-corrected chi connectivity index (χ0v) is 12.1. The maximum Gasteiger partial charge on any atom is 0.161 e. The van der Waals surface area contributed by atoms with Gasteiger partial charge >= 0.3 is 0 Å². The first-order valence-corrected chi connectivity index (χ1v) is 7.34. The van der Waals surface area contributed by atoms with Crippen LogP contribution in [-0.2, 0) is 6.54 Å². The van der Waals surface area contributed by atoms with Gasteiger partial charge in [0.2, 0.25) is 0 Å². The van der Waals surface area contributed by atoms with Crippen LogP contribution in [0.1, 0.15) is 38.2 Å². The zero-order valence-electron chi connectivity index (χ0n) is 12.1. The normalized spacial score (nSPS) is 14.4. The molecule has 0 bridgehead atoms. The molecule has 3 heteroatoms. The fourth-order valence-corrected chi connectivity index (χ4v) is 2.01. The summed E-state index contributed by atoms with van der Waals surface area (Å²) in [5, 5.41) is 3.49. The van der Waals surface area contributed by atoms with Crippen LogP contribution in [-0.4, -0.2) is 20.3 Å². The minimum Gasteiger partial charge on any atom is -0.493 e. The molecular weight excluding hydrogens is 238 g/mol. The molecule has 1 aliphatic carbocycles. The van der Waals surface area contributed by atoms with E-state index in [1.807, 2.05) is 6.07 Å². The summed E-state index contributed by atoms with van der Waals surface area (Å²) in [7, 11) is 1.70. The van der Waals surface area contributed by atoms with Gasteiger partial charge in [-0.25, -0.2) is 0 Å². The van der Waals surface area contributed by atoms with E-state index in [4.69, 9.17) is 9.47 Å². The van der Waals surface area contributed by atoms with E-state index in [0.717, 1.165) is 50.0 Å². The third-order valence-corrected chi connectivity index (χ3v) is 3.44. The van der Waals surface area contributed by atoms with Gasteiger partial charge in [0.25, 0.3) is 0 Å². The number of hydrogen-bond donors (Lipinski definition) is 1. The molecule has 0 heterocycles. The lowest BCUT2D eigenvalue weighted by atomic mass is 10.2. The molecule has 2 rings (SSSR count). The Balaban J connectivity index is 1.86. The molecule has 0 saturated heterocycles. The Bertz CT molecular complexity index is 388. The number of hydrogen-bond acceptors (Lipinski definition) is 3. The Hall–Kier alpha value is -1.22. The van der Waals surface area contributed by atoms with Gasteiger partial charge < -0.3 is 14.8 Å². The lowest BCUT2D eigenvalue weighted by Crippen LogP contribution is -2.16. The Morgan fingerprint density at radius 1 is 1.26 bits per heavy atom. The van der Waals surface area contributed by atoms with Crippen molar-refractivity contribution < 1.29 is 9.47 Å². The average molecular weight is 263 g/mol. The van der Waals surface area contributed by atoms with Gasteiger partial charge in [0, 0.05) is 6.54 Å². The van der Waals surface area contributed by atoms with E-state index in [9.17, 15) is 0 Å². The van der Waals surface area contributed by atoms with Gasteiger partial charge in [-0.1, -0.05) is 19.4 Å². The topological polar surface area (TPSA) is 30.5 Å². The van der Waals surface area contributed by atoms with Crippen molar-refractivity contribution in [2.75, 3.05) is 20.3 Å². The van der Waals surface area contributed by atoms with Crippen LogP contribution in [0.15, 0.2) is 18.2 Å². The van der Waals surface area contributed by atoms with Crippen LogP contribution in [0.5, 0.6) is 11.5 Å². The van der Waals surface area contributed by atoms with Crippen molar-refractivity contribution in [3.05, 3.63) is 23.8 Å². The van der Waals surface area contributed by atoms with E-state index in [0.29, 0.717) is 0 Å². The van der Waals surface area contributed by atoms with Crippen molar-refractivity contribution in [2.24, 2.45) is 5.92 Å². The molecule has 1 saturated carbocycles. The second-order valence-corrected chi connectivity index (χ2v) is 5.26. The van der Waals surface area contributed by atoms with E-state index in [1.165, 1.54) is 18.4 Å². The summed E-state index contributed by atoms with van der Waals surface area (Å²) < 4.78 is 11.1. The maximum atomic E-state index is 5.73. The molecular formula is C16H25NO2. The van der Waals surface area contributed by atoms with Crippen molar-refractivity contribution in [1.29, 1.82) is 0 Å². The van der Waals surface area contributed by atoms with Crippen molar-refractivity contribution >= 4 is 0 Å². The molecule has 0 spiro atoms. The quantitative estimate of drug-likeness (QED) is 0.693. The highest BCUT2D eigenvalue weighted by Crippen LogP contribution is 2.29. The summed E-state index contributed by atoms with van der Waals surface area (Å²) in [5.74, 6) is 2.60. The summed E-state index contributed by atoms with van der Waals surface area (Å²) in [4.78, 5) is 0. The highest BCUT2D eigenvalue weighted by atomic mass is 16.5. The molecule has 0 amide bonds. The highest BCUT2D eigenvalue weighted by Gasteiger charge is 2.20. The lowest BCUT2D eigenvalue weighted by molar-refractivity contribution is 0.288. The molecule has 0 unspecified atom stereocenters. The summed E-state index contributed by atoms with van der Waals surface area (Å²) >= 11 is 0. The van der Waals surface area contributed by atoms with Crippen LogP contribution in [0, 0.1) is 5.92 Å². The van der Waals surface area contributed by atoms with Gasteiger partial charge in [-0.15, -0.1) is 0 Å². The van der Waals surface area contributed by atoms with Crippen LogP contribution in [0.3, 0.4) is 0 Å². The fourth-order valence-electron chi connectivity index (χ4n) is 2.01. The Kier molecular flexibility index (Phi) is 5.52. The first kappa shape index (κ1) is 14.2. The third-order valence-electron chi connectivity index (χ3n) is 3.44. The van der Waals surface area contributed by atoms with Crippen molar-refractivity contribution in [2.45, 2.75) is 39.2 Å². The first-order chi connectivity index (χ1) is 9.33. The number of rotatable bonds is 9. The molecule has 0 radical (unpaired) electrons. The highest BCUT2D eigenvalue weighted by molar-refractivity contribution is 5.42. The van der Waals surface area contributed by atoms with Crippen molar-refractivity contribution in [1.82, 2.24) is 5.32 Å². The summed E-state index contributed by atoms with van der Waals surface area (Å²) in [6.45, 7) is 4.96.